The van der Waals surface area contributed by atoms with Gasteiger partial charge in [-0.1, -0.05) is 0 Å². The van der Waals surface area contributed by atoms with Gasteiger partial charge >= 0.3 is 0 Å². The Kier molecular flexibility index (Phi) is 3.94. The van der Waals surface area contributed by atoms with Crippen LogP contribution in [0.5, 0.6) is 0 Å². The summed E-state index contributed by atoms with van der Waals surface area (Å²) in [5.74, 6) is 1.52. The summed E-state index contributed by atoms with van der Waals surface area (Å²) in [4.78, 5) is 26.5. The fourth-order valence-corrected chi connectivity index (χ4v) is 2.75. The van der Waals surface area contributed by atoms with Crippen molar-refractivity contribution in [1.82, 2.24) is 19.5 Å². The third-order valence-electron chi connectivity index (χ3n) is 3.98. The van der Waals surface area contributed by atoms with Gasteiger partial charge in [-0.05, 0) is 25.7 Å². The molecule has 0 aromatic carbocycles. The lowest BCUT2D eigenvalue weighted by atomic mass is 9.96. The zero-order valence-corrected chi connectivity index (χ0v) is 12.1. The molecule has 0 spiro atoms. The van der Waals surface area contributed by atoms with Crippen molar-refractivity contribution in [3.8, 4) is 0 Å². The highest BCUT2D eigenvalue weighted by Crippen LogP contribution is 2.22. The second-order valence-corrected chi connectivity index (χ2v) is 5.52. The summed E-state index contributed by atoms with van der Waals surface area (Å²) >= 11 is 0. The second-order valence-electron chi connectivity index (χ2n) is 5.52. The molecule has 110 valence electrons. The summed E-state index contributed by atoms with van der Waals surface area (Å²) in [6.45, 7) is 4.67. The smallest absolute Gasteiger partial charge is 0.253 e. The van der Waals surface area contributed by atoms with E-state index < -0.39 is 0 Å². The molecule has 1 saturated heterocycles. The van der Waals surface area contributed by atoms with Gasteiger partial charge in [-0.2, -0.15) is 0 Å². The van der Waals surface area contributed by atoms with Crippen LogP contribution in [-0.2, 0) is 6.54 Å². The maximum absolute atomic E-state index is 11.7. The molecule has 0 aliphatic carbocycles. The van der Waals surface area contributed by atoms with E-state index in [1.807, 2.05) is 13.0 Å². The normalized spacial score (nSPS) is 16.1. The molecule has 2 aromatic heterocycles. The van der Waals surface area contributed by atoms with Crippen LogP contribution in [0.1, 0.15) is 18.5 Å². The number of aryl methyl sites for hydroxylation is 1. The molecule has 1 fully saturated rings. The Labute approximate surface area is 123 Å². The fourth-order valence-electron chi connectivity index (χ4n) is 2.75. The quantitative estimate of drug-likeness (QED) is 0.849. The summed E-state index contributed by atoms with van der Waals surface area (Å²) in [5.41, 5.74) is 1.02. The molecule has 1 aliphatic rings. The molecule has 0 unspecified atom stereocenters. The van der Waals surface area contributed by atoms with E-state index in [1.54, 1.807) is 23.4 Å². The zero-order chi connectivity index (χ0) is 14.7. The summed E-state index contributed by atoms with van der Waals surface area (Å²) in [7, 11) is 0. The van der Waals surface area contributed by atoms with E-state index in [2.05, 4.69) is 19.9 Å². The van der Waals surface area contributed by atoms with E-state index >= 15 is 0 Å². The van der Waals surface area contributed by atoms with E-state index in [4.69, 9.17) is 0 Å². The highest BCUT2D eigenvalue weighted by Gasteiger charge is 2.20. The summed E-state index contributed by atoms with van der Waals surface area (Å²) in [5, 5.41) is 0. The first-order valence-electron chi connectivity index (χ1n) is 7.26. The predicted molar refractivity (Wildman–Crippen MR) is 80.2 cm³/mol. The fraction of sp³-hybridized carbons (Fsp3) is 0.467. The number of rotatable bonds is 3. The van der Waals surface area contributed by atoms with E-state index in [0.717, 1.165) is 44.0 Å². The minimum atomic E-state index is 0.0267. The van der Waals surface area contributed by atoms with Crippen molar-refractivity contribution in [3.63, 3.8) is 0 Å². The van der Waals surface area contributed by atoms with Crippen molar-refractivity contribution >= 4 is 5.82 Å². The first-order valence-corrected chi connectivity index (χ1v) is 7.26. The SMILES string of the molecule is Cc1cc(N2CCC(Cn3cnccc3=O)CC2)ncn1. The summed E-state index contributed by atoms with van der Waals surface area (Å²) in [6, 6.07) is 3.53. The minimum Gasteiger partial charge on any atom is -0.356 e. The number of anilines is 1. The lowest BCUT2D eigenvalue weighted by Crippen LogP contribution is -2.36. The van der Waals surface area contributed by atoms with Gasteiger partial charge < -0.3 is 4.90 Å². The molecule has 21 heavy (non-hydrogen) atoms. The highest BCUT2D eigenvalue weighted by atomic mass is 16.1. The summed E-state index contributed by atoms with van der Waals surface area (Å²) in [6.07, 6.45) is 6.90. The number of aromatic nitrogens is 4. The van der Waals surface area contributed by atoms with Crippen LogP contribution in [0.2, 0.25) is 0 Å². The Morgan fingerprint density at radius 2 is 2.10 bits per heavy atom. The average molecular weight is 285 g/mol. The standard InChI is InChI=1S/C15H19N5O/c1-12-8-14(18-10-17-12)19-6-3-13(4-7-19)9-20-11-16-5-2-15(20)21/h2,5,8,10-11,13H,3-4,6-7,9H2,1H3. The van der Waals surface area contributed by atoms with Crippen LogP contribution in [0, 0.1) is 12.8 Å². The molecule has 3 rings (SSSR count). The molecule has 6 nitrogen and oxygen atoms in total. The third-order valence-corrected chi connectivity index (χ3v) is 3.98. The van der Waals surface area contributed by atoms with Crippen molar-refractivity contribution in [2.24, 2.45) is 5.92 Å². The van der Waals surface area contributed by atoms with E-state index in [9.17, 15) is 4.79 Å². The maximum atomic E-state index is 11.7. The van der Waals surface area contributed by atoms with Crippen LogP contribution in [0.15, 0.2) is 35.8 Å². The molecule has 6 heteroatoms. The van der Waals surface area contributed by atoms with Crippen molar-refractivity contribution in [1.29, 1.82) is 0 Å². The molecule has 3 heterocycles. The predicted octanol–water partition coefficient (Wildman–Crippen LogP) is 1.26. The number of hydrogen-bond acceptors (Lipinski definition) is 5. The van der Waals surface area contributed by atoms with E-state index in [1.165, 1.54) is 6.07 Å². The van der Waals surface area contributed by atoms with Gasteiger partial charge in [0, 0.05) is 43.7 Å². The van der Waals surface area contributed by atoms with Gasteiger partial charge in [0.15, 0.2) is 0 Å². The molecule has 0 radical (unpaired) electrons. The van der Waals surface area contributed by atoms with Crippen LogP contribution < -0.4 is 10.5 Å². The molecular weight excluding hydrogens is 266 g/mol. The number of piperidine rings is 1. The lowest BCUT2D eigenvalue weighted by molar-refractivity contribution is 0.350. The minimum absolute atomic E-state index is 0.0267. The molecule has 2 aromatic rings. The van der Waals surface area contributed by atoms with Crippen LogP contribution >= 0.6 is 0 Å². The van der Waals surface area contributed by atoms with Crippen molar-refractivity contribution in [3.05, 3.63) is 47.0 Å². The lowest BCUT2D eigenvalue weighted by Gasteiger charge is -2.32. The van der Waals surface area contributed by atoms with Crippen LogP contribution in [0.25, 0.3) is 0 Å². The Bertz CT molecular complexity index is 661. The molecule has 0 saturated carbocycles. The Morgan fingerprint density at radius 3 is 2.81 bits per heavy atom. The van der Waals surface area contributed by atoms with Gasteiger partial charge in [0.2, 0.25) is 0 Å². The van der Waals surface area contributed by atoms with Crippen LogP contribution in [-0.4, -0.2) is 32.6 Å². The molecule has 0 amide bonds. The van der Waals surface area contributed by atoms with E-state index in [0.29, 0.717) is 5.92 Å². The van der Waals surface area contributed by atoms with Gasteiger partial charge in [-0.25, -0.2) is 15.0 Å². The van der Waals surface area contributed by atoms with Crippen LogP contribution in [0.3, 0.4) is 0 Å². The molecule has 0 atom stereocenters. The molecule has 0 N–H and O–H groups in total. The Balaban J connectivity index is 1.61. The van der Waals surface area contributed by atoms with Crippen molar-refractivity contribution < 1.29 is 0 Å². The Morgan fingerprint density at radius 1 is 1.29 bits per heavy atom. The van der Waals surface area contributed by atoms with Gasteiger partial charge in [0.25, 0.3) is 5.56 Å². The van der Waals surface area contributed by atoms with Crippen LogP contribution in [0.4, 0.5) is 5.82 Å². The van der Waals surface area contributed by atoms with Gasteiger partial charge in [0.05, 0.1) is 6.33 Å². The zero-order valence-electron chi connectivity index (χ0n) is 12.1. The molecular formula is C15H19N5O. The van der Waals surface area contributed by atoms with Gasteiger partial charge in [-0.3, -0.25) is 9.36 Å². The second kappa shape index (κ2) is 6.03. The molecule has 0 bridgehead atoms. The topological polar surface area (TPSA) is 63.9 Å². The number of nitrogens with zero attached hydrogens (tertiary/aromatic N) is 5. The monoisotopic (exact) mass is 285 g/mol. The van der Waals surface area contributed by atoms with E-state index in [-0.39, 0.29) is 5.56 Å². The third kappa shape index (κ3) is 3.26. The van der Waals surface area contributed by atoms with Crippen molar-refractivity contribution in [2.45, 2.75) is 26.3 Å². The summed E-state index contributed by atoms with van der Waals surface area (Å²) < 4.78 is 1.70. The van der Waals surface area contributed by atoms with Gasteiger partial charge in [-0.15, -0.1) is 0 Å². The highest BCUT2D eigenvalue weighted by molar-refractivity contribution is 5.38. The number of hydrogen-bond donors (Lipinski definition) is 0. The largest absolute Gasteiger partial charge is 0.356 e. The first kappa shape index (κ1) is 13.7. The Hall–Kier alpha value is -2.24. The van der Waals surface area contributed by atoms with Crippen molar-refractivity contribution in [2.75, 3.05) is 18.0 Å². The van der Waals surface area contributed by atoms with Gasteiger partial charge in [0.1, 0.15) is 12.1 Å². The first-order chi connectivity index (χ1) is 10.2. The average Bonchev–Trinajstić information content (AvgIpc) is 2.50. The molecule has 1 aliphatic heterocycles. The maximum Gasteiger partial charge on any atom is 0.253 e.